The predicted octanol–water partition coefficient (Wildman–Crippen LogP) is 6.08. The number of fused-ring (bicyclic) bond motifs is 1. The quantitative estimate of drug-likeness (QED) is 0.270. The summed E-state index contributed by atoms with van der Waals surface area (Å²) < 4.78 is 16.3. The van der Waals surface area contributed by atoms with Gasteiger partial charge in [0.1, 0.15) is 12.4 Å². The lowest BCUT2D eigenvalue weighted by Crippen LogP contribution is -2.42. The molecule has 44 heavy (non-hydrogen) atoms. The first-order valence-electron chi connectivity index (χ1n) is 14.3. The van der Waals surface area contributed by atoms with Crippen molar-refractivity contribution in [1.82, 2.24) is 10.2 Å². The average Bonchev–Trinajstić information content (AvgIpc) is 3.15. The fourth-order valence-electron chi connectivity index (χ4n) is 4.81. The standard InChI is InChI=1S/C30H29Cl3N4O5.C2H6/c1-40-12-13-42-25-7-6-19(31)15-22(25)29(38)36-28-30(39)34-24-5-3-2-4-21(24)27(35-28)26-18(14-20(32)16-23(26)33)17-37-8-10-41-11-9-37;1-2/h2-7,14-16,28H,8-13,17H2,1H3,(H,34,39)(H,36,38);1-2H3. The van der Waals surface area contributed by atoms with Gasteiger partial charge in [0.2, 0.25) is 6.17 Å². The van der Waals surface area contributed by atoms with E-state index in [2.05, 4.69) is 15.5 Å². The Kier molecular flexibility index (Phi) is 12.4. The van der Waals surface area contributed by atoms with Gasteiger partial charge >= 0.3 is 0 Å². The van der Waals surface area contributed by atoms with E-state index in [0.717, 1.165) is 18.7 Å². The van der Waals surface area contributed by atoms with E-state index < -0.39 is 18.0 Å². The van der Waals surface area contributed by atoms with E-state index in [4.69, 9.17) is 54.0 Å². The van der Waals surface area contributed by atoms with Crippen molar-refractivity contribution in [3.63, 3.8) is 0 Å². The SMILES string of the molecule is CC.COCCOc1ccc(Cl)cc1C(=O)NC1N=C(c2c(Cl)cc(Cl)cc2CN2CCOCC2)c2ccccc2NC1=O. The van der Waals surface area contributed by atoms with Gasteiger partial charge < -0.3 is 24.8 Å². The summed E-state index contributed by atoms with van der Waals surface area (Å²) in [7, 11) is 1.55. The smallest absolute Gasteiger partial charge is 0.269 e. The molecule has 0 aromatic heterocycles. The molecule has 3 aromatic rings. The van der Waals surface area contributed by atoms with Crippen molar-refractivity contribution >= 4 is 58.0 Å². The molecule has 0 radical (unpaired) electrons. The number of amides is 2. The van der Waals surface area contributed by atoms with E-state index in [9.17, 15) is 9.59 Å². The number of hydrogen-bond donors (Lipinski definition) is 2. The summed E-state index contributed by atoms with van der Waals surface area (Å²) in [6, 6.07) is 15.5. The van der Waals surface area contributed by atoms with Crippen LogP contribution in [0.5, 0.6) is 5.75 Å². The zero-order valence-electron chi connectivity index (χ0n) is 24.8. The Balaban J connectivity index is 0.00000216. The number of anilines is 1. The van der Waals surface area contributed by atoms with Crippen molar-refractivity contribution in [2.24, 2.45) is 4.99 Å². The van der Waals surface area contributed by atoms with Gasteiger partial charge in [-0.15, -0.1) is 0 Å². The molecule has 2 heterocycles. The molecule has 1 fully saturated rings. The highest BCUT2D eigenvalue weighted by Gasteiger charge is 2.30. The molecule has 2 aliphatic heterocycles. The molecule has 2 N–H and O–H groups in total. The normalized spacial score (nSPS) is 16.5. The lowest BCUT2D eigenvalue weighted by Gasteiger charge is -2.28. The minimum atomic E-state index is -1.30. The fourth-order valence-corrected chi connectivity index (χ4v) is 5.61. The maximum absolute atomic E-state index is 13.5. The Morgan fingerprint density at radius 1 is 1.05 bits per heavy atom. The number of nitrogens with one attached hydrogen (secondary N) is 2. The number of benzodiazepines with no additional fused rings is 1. The number of ether oxygens (including phenoxy) is 3. The first-order valence-corrected chi connectivity index (χ1v) is 15.5. The molecular formula is C32H35Cl3N4O5. The number of morpholine rings is 1. The topological polar surface area (TPSA) is 101 Å². The zero-order valence-corrected chi connectivity index (χ0v) is 27.1. The van der Waals surface area contributed by atoms with Crippen molar-refractivity contribution in [1.29, 1.82) is 0 Å². The maximum atomic E-state index is 13.5. The van der Waals surface area contributed by atoms with Crippen LogP contribution in [-0.2, 0) is 20.8 Å². The highest BCUT2D eigenvalue weighted by Crippen LogP contribution is 2.33. The molecular weight excluding hydrogens is 627 g/mol. The molecule has 1 unspecified atom stereocenters. The first kappa shape index (κ1) is 33.7. The van der Waals surface area contributed by atoms with Crippen LogP contribution in [0.1, 0.15) is 40.9 Å². The molecule has 3 aromatic carbocycles. The van der Waals surface area contributed by atoms with Gasteiger partial charge in [-0.1, -0.05) is 66.8 Å². The molecule has 1 atom stereocenters. The van der Waals surface area contributed by atoms with Gasteiger partial charge in [0, 0.05) is 47.9 Å². The van der Waals surface area contributed by atoms with Crippen LogP contribution in [0.2, 0.25) is 15.1 Å². The third-order valence-electron chi connectivity index (χ3n) is 6.82. The third-order valence-corrected chi connectivity index (χ3v) is 7.57. The second kappa shape index (κ2) is 16.2. The number of carbonyl (C=O) groups is 2. The number of carbonyl (C=O) groups excluding carboxylic acids is 2. The lowest BCUT2D eigenvalue weighted by atomic mass is 9.95. The molecule has 1 saturated heterocycles. The van der Waals surface area contributed by atoms with Crippen molar-refractivity contribution < 1.29 is 23.8 Å². The van der Waals surface area contributed by atoms with Crippen LogP contribution < -0.4 is 15.4 Å². The summed E-state index contributed by atoms with van der Waals surface area (Å²) in [6.07, 6.45) is -1.30. The average molecular weight is 662 g/mol. The summed E-state index contributed by atoms with van der Waals surface area (Å²) in [5.41, 5.74) is 3.26. The number of benzene rings is 3. The Bertz CT molecular complexity index is 1510. The van der Waals surface area contributed by atoms with E-state index in [-0.39, 0.29) is 12.2 Å². The lowest BCUT2D eigenvalue weighted by molar-refractivity contribution is -0.117. The Labute approximate surface area is 272 Å². The minimum absolute atomic E-state index is 0.155. The highest BCUT2D eigenvalue weighted by molar-refractivity contribution is 6.39. The van der Waals surface area contributed by atoms with E-state index in [0.29, 0.717) is 69.7 Å². The van der Waals surface area contributed by atoms with Gasteiger partial charge in [-0.2, -0.15) is 0 Å². The van der Waals surface area contributed by atoms with Crippen LogP contribution in [-0.4, -0.2) is 75.2 Å². The van der Waals surface area contributed by atoms with E-state index >= 15 is 0 Å². The Morgan fingerprint density at radius 2 is 1.80 bits per heavy atom. The minimum Gasteiger partial charge on any atom is -0.490 e. The molecule has 9 nitrogen and oxygen atoms in total. The second-order valence-corrected chi connectivity index (χ2v) is 11.0. The number of aliphatic imine (C=N–C) groups is 1. The summed E-state index contributed by atoms with van der Waals surface area (Å²) in [5, 5.41) is 6.83. The van der Waals surface area contributed by atoms with Crippen LogP contribution in [0.25, 0.3) is 0 Å². The Hall–Kier alpha value is -3.18. The summed E-state index contributed by atoms with van der Waals surface area (Å²) in [4.78, 5) is 34.0. The molecule has 0 bridgehead atoms. The molecule has 0 aliphatic carbocycles. The molecule has 0 saturated carbocycles. The molecule has 0 spiro atoms. The van der Waals surface area contributed by atoms with Crippen LogP contribution >= 0.6 is 34.8 Å². The first-order chi connectivity index (χ1) is 21.3. The third kappa shape index (κ3) is 8.29. The van der Waals surface area contributed by atoms with Crippen LogP contribution in [0.4, 0.5) is 5.69 Å². The Morgan fingerprint density at radius 3 is 2.55 bits per heavy atom. The molecule has 12 heteroatoms. The summed E-state index contributed by atoms with van der Waals surface area (Å²) >= 11 is 19.5. The molecule has 5 rings (SSSR count). The second-order valence-electron chi connectivity index (χ2n) is 9.68. The van der Waals surface area contributed by atoms with Gasteiger partial charge in [0.25, 0.3) is 11.8 Å². The largest absolute Gasteiger partial charge is 0.490 e. The van der Waals surface area contributed by atoms with Crippen LogP contribution in [0.15, 0.2) is 59.6 Å². The number of para-hydroxylation sites is 1. The summed E-state index contributed by atoms with van der Waals surface area (Å²) in [5.74, 6) is -0.812. The van der Waals surface area contributed by atoms with Crippen molar-refractivity contribution in [3.05, 3.63) is 91.9 Å². The van der Waals surface area contributed by atoms with Crippen LogP contribution in [0.3, 0.4) is 0 Å². The molecule has 2 amide bonds. The molecule has 234 valence electrons. The van der Waals surface area contributed by atoms with Crippen LogP contribution in [0, 0.1) is 0 Å². The van der Waals surface area contributed by atoms with Crippen molar-refractivity contribution in [2.45, 2.75) is 26.6 Å². The van der Waals surface area contributed by atoms with Gasteiger partial charge in [0.15, 0.2) is 0 Å². The number of nitrogens with zero attached hydrogens (tertiary/aromatic N) is 2. The monoisotopic (exact) mass is 660 g/mol. The highest BCUT2D eigenvalue weighted by atomic mass is 35.5. The van der Waals surface area contributed by atoms with E-state index in [1.165, 1.54) is 6.07 Å². The number of halogens is 3. The fraction of sp³-hybridized carbons (Fsp3) is 0.344. The van der Waals surface area contributed by atoms with Crippen molar-refractivity contribution in [2.75, 3.05) is 51.9 Å². The van der Waals surface area contributed by atoms with E-state index in [1.807, 2.05) is 38.1 Å². The number of rotatable bonds is 9. The maximum Gasteiger partial charge on any atom is 0.269 e. The van der Waals surface area contributed by atoms with Gasteiger partial charge in [-0.3, -0.25) is 14.5 Å². The summed E-state index contributed by atoms with van der Waals surface area (Å²) in [6.45, 7) is 7.85. The molecule has 2 aliphatic rings. The van der Waals surface area contributed by atoms with Gasteiger partial charge in [-0.25, -0.2) is 4.99 Å². The number of hydrogen-bond acceptors (Lipinski definition) is 7. The predicted molar refractivity (Wildman–Crippen MR) is 175 cm³/mol. The van der Waals surface area contributed by atoms with E-state index in [1.54, 1.807) is 31.4 Å². The van der Waals surface area contributed by atoms with Gasteiger partial charge in [0.05, 0.1) is 41.8 Å². The van der Waals surface area contributed by atoms with Crippen molar-refractivity contribution in [3.8, 4) is 5.75 Å². The number of methoxy groups -OCH3 is 1. The zero-order chi connectivity index (χ0) is 31.6. The van der Waals surface area contributed by atoms with Gasteiger partial charge in [-0.05, 0) is 42.0 Å².